The van der Waals surface area contributed by atoms with E-state index in [2.05, 4.69) is 53.4 Å². The third kappa shape index (κ3) is 53.7. The third-order valence-corrected chi connectivity index (χ3v) is 17.0. The fourth-order valence-corrected chi connectivity index (χ4v) is 11.5. The number of rotatable bonds is 65. The monoisotopic (exact) mass is 1220 g/mol. The lowest BCUT2D eigenvalue weighted by atomic mass is 10.0. The molecule has 1 fully saturated rings. The van der Waals surface area contributed by atoms with Gasteiger partial charge in [-0.2, -0.15) is 0 Å². The van der Waals surface area contributed by atoms with Crippen LogP contribution in [0.2, 0.25) is 0 Å². The molecule has 1 saturated heterocycles. The van der Waals surface area contributed by atoms with Crippen LogP contribution in [0.4, 0.5) is 0 Å². The predicted octanol–water partition coefficient (Wildman–Crippen LogP) is 15.3. The molecule has 15 nitrogen and oxygen atoms in total. The van der Waals surface area contributed by atoms with Gasteiger partial charge in [-0.3, -0.25) is 33.7 Å². The van der Waals surface area contributed by atoms with E-state index in [9.17, 15) is 28.8 Å². The average molecular weight is 1220 g/mol. The smallest absolute Gasteiger partial charge is 0.306 e. The minimum Gasteiger partial charge on any atom is -0.466 e. The summed E-state index contributed by atoms with van der Waals surface area (Å²) in [6.45, 7) is 15.7. The fourth-order valence-electron chi connectivity index (χ4n) is 11.5. The molecule has 3 amide bonds. The molecule has 0 unspecified atom stereocenters. The van der Waals surface area contributed by atoms with Gasteiger partial charge in [-0.15, -0.1) is 0 Å². The number of amides is 3. The van der Waals surface area contributed by atoms with Crippen molar-refractivity contribution in [1.82, 2.24) is 30.7 Å². The summed E-state index contributed by atoms with van der Waals surface area (Å²) in [6.07, 6.45) is 50.5. The van der Waals surface area contributed by atoms with Crippen molar-refractivity contribution >= 4 is 35.6 Å². The van der Waals surface area contributed by atoms with Gasteiger partial charge in [0.15, 0.2) is 0 Å². The molecule has 0 radical (unpaired) electrons. The molecule has 0 atom stereocenters. The summed E-state index contributed by atoms with van der Waals surface area (Å²) >= 11 is 0. The number of unbranched alkanes of at least 4 members (excludes halogenated alkanes) is 32. The highest BCUT2D eigenvalue weighted by atomic mass is 16.5. The van der Waals surface area contributed by atoms with Crippen molar-refractivity contribution in [2.24, 2.45) is 0 Å². The Morgan fingerprint density at radius 1 is 0.395 bits per heavy atom. The summed E-state index contributed by atoms with van der Waals surface area (Å²) in [6, 6.07) is 0. The highest BCUT2D eigenvalue weighted by Crippen LogP contribution is 2.19. The molecule has 0 spiro atoms. The van der Waals surface area contributed by atoms with E-state index in [-0.39, 0.29) is 61.4 Å². The lowest BCUT2D eigenvalue weighted by Gasteiger charge is -2.25. The number of ether oxygens (including phenoxy) is 3. The molecule has 0 bridgehead atoms. The van der Waals surface area contributed by atoms with E-state index in [1.807, 2.05) is 0 Å². The number of hydrogen-bond acceptors (Lipinski definition) is 12. The number of carbonyl (C=O) groups excluding carboxylic acids is 6. The second-order valence-electron chi connectivity index (χ2n) is 25.3. The molecular formula is C71H136N6O9. The lowest BCUT2D eigenvalue weighted by molar-refractivity contribution is -0.150. The number of hydrogen-bond donors (Lipinski definition) is 3. The molecular weight excluding hydrogens is 1080 g/mol. The first-order valence-corrected chi connectivity index (χ1v) is 36.6. The molecule has 86 heavy (non-hydrogen) atoms. The minimum atomic E-state index is -0.320. The third-order valence-electron chi connectivity index (χ3n) is 17.0. The van der Waals surface area contributed by atoms with Gasteiger partial charge in [0.2, 0.25) is 17.7 Å². The zero-order valence-corrected chi connectivity index (χ0v) is 56.5. The first-order valence-electron chi connectivity index (χ1n) is 36.6. The Kier molecular flexibility index (Phi) is 58.1. The SMILES string of the molecule is CCCCCCCCCCCOC(=O)CCCCCN(CCCCCCCC(=O)OC(CCCCCCCC)CCCCCCCC)CCNC(=O)CN(CC(=O)NCCNCCCC(=O)OCCCCCCCCCCC)C(=O)CN1CCCC1. The number of esters is 3. The maximum absolute atomic E-state index is 13.6. The van der Waals surface area contributed by atoms with Crippen molar-refractivity contribution in [3.8, 4) is 0 Å². The van der Waals surface area contributed by atoms with Crippen LogP contribution in [0.3, 0.4) is 0 Å². The predicted molar refractivity (Wildman–Crippen MR) is 355 cm³/mol. The van der Waals surface area contributed by atoms with Gasteiger partial charge >= 0.3 is 17.9 Å². The topological polar surface area (TPSA) is 176 Å². The van der Waals surface area contributed by atoms with Crippen LogP contribution in [-0.4, -0.2) is 148 Å². The van der Waals surface area contributed by atoms with Crippen molar-refractivity contribution in [2.45, 2.75) is 329 Å². The van der Waals surface area contributed by atoms with Crippen LogP contribution < -0.4 is 16.0 Å². The Morgan fingerprint density at radius 3 is 1.26 bits per heavy atom. The second-order valence-corrected chi connectivity index (χ2v) is 25.3. The van der Waals surface area contributed by atoms with E-state index in [1.165, 1.54) is 159 Å². The summed E-state index contributed by atoms with van der Waals surface area (Å²) < 4.78 is 17.1. The largest absolute Gasteiger partial charge is 0.466 e. The molecule has 1 aliphatic heterocycles. The Bertz CT molecular complexity index is 1580. The van der Waals surface area contributed by atoms with Gasteiger partial charge in [0.25, 0.3) is 0 Å². The van der Waals surface area contributed by atoms with Crippen molar-refractivity contribution < 1.29 is 43.0 Å². The number of carbonyl (C=O) groups is 6. The first kappa shape index (κ1) is 80.7. The molecule has 504 valence electrons. The van der Waals surface area contributed by atoms with E-state index in [0.717, 1.165) is 142 Å². The lowest BCUT2D eigenvalue weighted by Crippen LogP contribution is -2.49. The minimum absolute atomic E-state index is 0.0407. The number of nitrogens with zero attached hydrogens (tertiary/aromatic N) is 3. The second kappa shape index (κ2) is 61.9. The van der Waals surface area contributed by atoms with Crippen LogP contribution in [0.5, 0.6) is 0 Å². The Hall–Kier alpha value is -3.30. The normalized spacial score (nSPS) is 12.5. The van der Waals surface area contributed by atoms with Gasteiger partial charge in [-0.1, -0.05) is 220 Å². The van der Waals surface area contributed by atoms with Gasteiger partial charge in [0.1, 0.15) is 19.2 Å². The van der Waals surface area contributed by atoms with Gasteiger partial charge < -0.3 is 40.0 Å². The molecule has 0 aliphatic carbocycles. The molecule has 1 heterocycles. The maximum Gasteiger partial charge on any atom is 0.306 e. The zero-order chi connectivity index (χ0) is 62.4. The van der Waals surface area contributed by atoms with Crippen LogP contribution in [0.1, 0.15) is 323 Å². The Balaban J connectivity index is 2.65. The molecule has 1 rings (SSSR count). The molecule has 3 N–H and O–H groups in total. The van der Waals surface area contributed by atoms with Crippen LogP contribution in [0.25, 0.3) is 0 Å². The van der Waals surface area contributed by atoms with Gasteiger partial charge in [-0.05, 0) is 116 Å². The van der Waals surface area contributed by atoms with Gasteiger partial charge in [-0.25, -0.2) is 0 Å². The van der Waals surface area contributed by atoms with Crippen molar-refractivity contribution in [1.29, 1.82) is 0 Å². The molecule has 0 aromatic heterocycles. The average Bonchev–Trinajstić information content (AvgIpc) is 4.22. The standard InChI is InChI=1S/C71H136N6O9/c1-5-9-13-17-21-23-25-32-43-60-84-69(81)48-38-34-40-56-75(55-39-31-27-30-37-49-71(83)86-65(46-35-28-19-15-11-7-3)47-36-29-20-16-12-8-4)59-54-74-67(79)63-77(68(80)64-76-57-41-42-58-76)62-66(78)73-53-52-72-51-45-50-70(82)85-61-44-33-26-24-22-18-14-10-6-2/h65,72H,5-64H2,1-4H3,(H,73,78)(H,74,79). The molecule has 0 aromatic rings. The highest BCUT2D eigenvalue weighted by Gasteiger charge is 2.24. The van der Waals surface area contributed by atoms with Gasteiger partial charge in [0.05, 0.1) is 19.8 Å². The van der Waals surface area contributed by atoms with E-state index in [0.29, 0.717) is 71.6 Å². The van der Waals surface area contributed by atoms with E-state index >= 15 is 0 Å². The van der Waals surface area contributed by atoms with E-state index in [1.54, 1.807) is 0 Å². The van der Waals surface area contributed by atoms with Crippen molar-refractivity contribution in [2.75, 3.05) is 91.8 Å². The quantitative estimate of drug-likeness (QED) is 0.0299. The number of likely N-dealkylation sites (tertiary alicyclic amines) is 1. The van der Waals surface area contributed by atoms with Crippen molar-refractivity contribution in [3.63, 3.8) is 0 Å². The Morgan fingerprint density at radius 2 is 0.779 bits per heavy atom. The molecule has 15 heteroatoms. The van der Waals surface area contributed by atoms with Crippen LogP contribution >= 0.6 is 0 Å². The fraction of sp³-hybridized carbons (Fsp3) is 0.915. The summed E-state index contributed by atoms with van der Waals surface area (Å²) in [4.78, 5) is 84.0. The summed E-state index contributed by atoms with van der Waals surface area (Å²) in [5.74, 6) is -1.17. The van der Waals surface area contributed by atoms with Gasteiger partial charge in [0, 0.05) is 45.4 Å². The molecule has 1 aliphatic rings. The first-order chi connectivity index (χ1) is 42.1. The summed E-state index contributed by atoms with van der Waals surface area (Å²) in [5, 5.41) is 9.22. The molecule has 0 saturated carbocycles. The Labute approximate surface area is 528 Å². The summed E-state index contributed by atoms with van der Waals surface area (Å²) in [7, 11) is 0. The van der Waals surface area contributed by atoms with Crippen molar-refractivity contribution in [3.05, 3.63) is 0 Å². The van der Waals surface area contributed by atoms with Crippen LogP contribution in [-0.2, 0) is 43.0 Å². The highest BCUT2D eigenvalue weighted by molar-refractivity contribution is 5.89. The van der Waals surface area contributed by atoms with Crippen LogP contribution in [0, 0.1) is 0 Å². The number of nitrogens with one attached hydrogen (secondary N) is 3. The molecule has 0 aromatic carbocycles. The summed E-state index contributed by atoms with van der Waals surface area (Å²) in [5.41, 5.74) is 0. The van der Waals surface area contributed by atoms with E-state index in [4.69, 9.17) is 14.2 Å². The zero-order valence-electron chi connectivity index (χ0n) is 56.5. The van der Waals surface area contributed by atoms with E-state index < -0.39 is 0 Å². The maximum atomic E-state index is 13.6. The van der Waals surface area contributed by atoms with Crippen LogP contribution in [0.15, 0.2) is 0 Å².